The number of hydrogen-bond donors (Lipinski definition) is 1. The van der Waals surface area contributed by atoms with Gasteiger partial charge >= 0.3 is 0 Å². The van der Waals surface area contributed by atoms with E-state index < -0.39 is 0 Å². The van der Waals surface area contributed by atoms with Gasteiger partial charge in [0.25, 0.3) is 5.91 Å². The Morgan fingerprint density at radius 3 is 2.70 bits per heavy atom. The summed E-state index contributed by atoms with van der Waals surface area (Å²) in [5.74, 6) is 0.0943. The third kappa shape index (κ3) is 3.27. The van der Waals surface area contributed by atoms with E-state index in [1.165, 1.54) is 16.7 Å². The Labute approximate surface area is 176 Å². The van der Waals surface area contributed by atoms with Crippen molar-refractivity contribution in [3.63, 3.8) is 0 Å². The molecular formula is C25H24N4O. The molecule has 0 radical (unpaired) electrons. The number of hydrogen-bond acceptors (Lipinski definition) is 4. The Bertz CT molecular complexity index is 1110. The maximum Gasteiger partial charge on any atom is 0.252 e. The summed E-state index contributed by atoms with van der Waals surface area (Å²) in [7, 11) is 0. The van der Waals surface area contributed by atoms with E-state index in [2.05, 4.69) is 35.4 Å². The molecule has 0 saturated heterocycles. The molecule has 2 heterocycles. The highest BCUT2D eigenvalue weighted by Crippen LogP contribution is 2.34. The molecule has 5 nitrogen and oxygen atoms in total. The maximum absolute atomic E-state index is 13.5. The van der Waals surface area contributed by atoms with Gasteiger partial charge in [-0.1, -0.05) is 48.5 Å². The van der Waals surface area contributed by atoms with Gasteiger partial charge in [0.05, 0.1) is 5.69 Å². The molecule has 2 aliphatic heterocycles. The van der Waals surface area contributed by atoms with Crippen molar-refractivity contribution in [1.82, 2.24) is 0 Å². The van der Waals surface area contributed by atoms with Crippen molar-refractivity contribution in [2.45, 2.75) is 25.4 Å². The minimum atomic E-state index is -0.322. The zero-order chi connectivity index (χ0) is 20.5. The molecule has 1 unspecified atom stereocenters. The van der Waals surface area contributed by atoms with Crippen LogP contribution in [0.5, 0.6) is 0 Å². The van der Waals surface area contributed by atoms with Gasteiger partial charge in [0.2, 0.25) is 0 Å². The lowest BCUT2D eigenvalue weighted by atomic mass is 10.0. The molecule has 5 heteroatoms. The standard InChI is InChI=1S/C25H24N4O/c26-17-18-5-4-8-22(15-18)29-24(11-13-27-29)25(30)28-14-12-21-16-20(9-10-23(21)28)19-6-2-1-3-7-19/h1-10,13,15-16,24H,11-12,14,17,26H2. The number of carbonyl (C=O) groups is 1. The molecule has 0 aromatic heterocycles. The Kier molecular flexibility index (Phi) is 4.81. The maximum atomic E-state index is 13.5. The highest BCUT2D eigenvalue weighted by atomic mass is 16.2. The van der Waals surface area contributed by atoms with E-state index in [0.29, 0.717) is 19.5 Å². The van der Waals surface area contributed by atoms with Crippen LogP contribution in [0, 0.1) is 0 Å². The van der Waals surface area contributed by atoms with Crippen LogP contribution in [0.25, 0.3) is 11.1 Å². The zero-order valence-corrected chi connectivity index (χ0v) is 16.7. The summed E-state index contributed by atoms with van der Waals surface area (Å²) in [5, 5.41) is 6.32. The molecule has 0 fully saturated rings. The smallest absolute Gasteiger partial charge is 0.252 e. The Morgan fingerprint density at radius 1 is 1.00 bits per heavy atom. The summed E-state index contributed by atoms with van der Waals surface area (Å²) in [6.07, 6.45) is 3.31. The van der Waals surface area contributed by atoms with Crippen LogP contribution in [0.3, 0.4) is 0 Å². The quantitative estimate of drug-likeness (QED) is 0.726. The van der Waals surface area contributed by atoms with E-state index in [1.54, 1.807) is 0 Å². The molecule has 0 aliphatic carbocycles. The number of nitrogens with two attached hydrogens (primary N) is 1. The Balaban J connectivity index is 1.40. The number of anilines is 2. The van der Waals surface area contributed by atoms with E-state index in [9.17, 15) is 4.79 Å². The minimum absolute atomic E-state index is 0.0943. The van der Waals surface area contributed by atoms with E-state index in [1.807, 2.05) is 58.6 Å². The van der Waals surface area contributed by atoms with Crippen molar-refractivity contribution in [2.75, 3.05) is 16.5 Å². The van der Waals surface area contributed by atoms with E-state index in [4.69, 9.17) is 5.73 Å². The summed E-state index contributed by atoms with van der Waals surface area (Å²) in [6.45, 7) is 1.17. The van der Waals surface area contributed by atoms with Gasteiger partial charge in [0, 0.05) is 31.4 Å². The lowest BCUT2D eigenvalue weighted by Gasteiger charge is -2.28. The molecule has 1 atom stereocenters. The van der Waals surface area contributed by atoms with Crippen molar-refractivity contribution >= 4 is 23.5 Å². The molecule has 150 valence electrons. The monoisotopic (exact) mass is 396 g/mol. The van der Waals surface area contributed by atoms with E-state index >= 15 is 0 Å². The molecule has 0 spiro atoms. The second kappa shape index (κ2) is 7.76. The lowest BCUT2D eigenvalue weighted by molar-refractivity contribution is -0.119. The van der Waals surface area contributed by atoms with Crippen LogP contribution in [-0.4, -0.2) is 24.7 Å². The van der Waals surface area contributed by atoms with Crippen molar-refractivity contribution in [3.8, 4) is 11.1 Å². The summed E-state index contributed by atoms with van der Waals surface area (Å²) in [6, 6.07) is 24.4. The number of rotatable bonds is 4. The molecule has 3 aromatic rings. The number of hydrazone groups is 1. The number of nitrogens with zero attached hydrogens (tertiary/aromatic N) is 3. The first-order chi connectivity index (χ1) is 14.7. The second-order valence-corrected chi connectivity index (χ2v) is 7.72. The Morgan fingerprint density at radius 2 is 1.87 bits per heavy atom. The van der Waals surface area contributed by atoms with E-state index in [0.717, 1.165) is 23.4 Å². The molecular weight excluding hydrogens is 372 g/mol. The number of fused-ring (bicyclic) bond motifs is 1. The molecule has 1 amide bonds. The van der Waals surface area contributed by atoms with Gasteiger partial charge in [-0.05, 0) is 52.9 Å². The van der Waals surface area contributed by atoms with Gasteiger partial charge in [-0.25, -0.2) is 0 Å². The number of benzene rings is 3. The van der Waals surface area contributed by atoms with Crippen LogP contribution in [0.2, 0.25) is 0 Å². The fourth-order valence-electron chi connectivity index (χ4n) is 4.31. The lowest BCUT2D eigenvalue weighted by Crippen LogP contribution is -2.44. The summed E-state index contributed by atoms with van der Waals surface area (Å²) < 4.78 is 0. The highest BCUT2D eigenvalue weighted by Gasteiger charge is 2.36. The highest BCUT2D eigenvalue weighted by molar-refractivity contribution is 6.03. The van der Waals surface area contributed by atoms with Crippen molar-refractivity contribution in [1.29, 1.82) is 0 Å². The van der Waals surface area contributed by atoms with Gasteiger partial charge in [0.15, 0.2) is 0 Å². The van der Waals surface area contributed by atoms with Crippen molar-refractivity contribution in [2.24, 2.45) is 10.8 Å². The predicted octanol–water partition coefficient (Wildman–Crippen LogP) is 3.97. The third-order valence-corrected chi connectivity index (χ3v) is 5.87. The molecule has 0 bridgehead atoms. The van der Waals surface area contributed by atoms with Crippen LogP contribution in [-0.2, 0) is 17.8 Å². The van der Waals surface area contributed by atoms with Crippen LogP contribution in [0.15, 0.2) is 77.9 Å². The first-order valence-corrected chi connectivity index (χ1v) is 10.3. The number of carbonyl (C=O) groups excluding carboxylic acids is 1. The fraction of sp³-hybridized carbons (Fsp3) is 0.200. The zero-order valence-electron chi connectivity index (χ0n) is 16.7. The van der Waals surface area contributed by atoms with E-state index in [-0.39, 0.29) is 11.9 Å². The molecule has 5 rings (SSSR count). The summed E-state index contributed by atoms with van der Waals surface area (Å²) >= 11 is 0. The van der Waals surface area contributed by atoms with Crippen molar-refractivity contribution < 1.29 is 4.79 Å². The molecule has 30 heavy (non-hydrogen) atoms. The van der Waals surface area contributed by atoms with Crippen LogP contribution >= 0.6 is 0 Å². The molecule has 2 N–H and O–H groups in total. The average molecular weight is 396 g/mol. The largest absolute Gasteiger partial charge is 0.326 e. The van der Waals surface area contributed by atoms with Gasteiger partial charge in [-0.15, -0.1) is 0 Å². The summed E-state index contributed by atoms with van der Waals surface area (Å²) in [5.41, 5.74) is 12.3. The van der Waals surface area contributed by atoms with Crippen LogP contribution in [0.1, 0.15) is 17.5 Å². The Hall–Kier alpha value is -3.44. The third-order valence-electron chi connectivity index (χ3n) is 5.87. The first-order valence-electron chi connectivity index (χ1n) is 10.3. The van der Waals surface area contributed by atoms with Gasteiger partial charge in [-0.3, -0.25) is 9.80 Å². The predicted molar refractivity (Wildman–Crippen MR) is 122 cm³/mol. The minimum Gasteiger partial charge on any atom is -0.326 e. The second-order valence-electron chi connectivity index (χ2n) is 7.72. The number of amides is 1. The topological polar surface area (TPSA) is 61.9 Å². The SMILES string of the molecule is NCc1cccc(N2N=CCC2C(=O)N2CCc3cc(-c4ccccc4)ccc32)c1. The van der Waals surface area contributed by atoms with Crippen LogP contribution in [0.4, 0.5) is 11.4 Å². The fourth-order valence-corrected chi connectivity index (χ4v) is 4.31. The van der Waals surface area contributed by atoms with Crippen molar-refractivity contribution in [3.05, 3.63) is 83.9 Å². The van der Waals surface area contributed by atoms with Crippen LogP contribution < -0.4 is 15.6 Å². The molecule has 2 aliphatic rings. The molecule has 3 aromatic carbocycles. The van der Waals surface area contributed by atoms with Gasteiger partial charge in [0.1, 0.15) is 6.04 Å². The average Bonchev–Trinajstić information content (AvgIpc) is 3.46. The first kappa shape index (κ1) is 18.6. The normalized spacial score (nSPS) is 17.4. The van der Waals surface area contributed by atoms with Gasteiger partial charge < -0.3 is 10.6 Å². The summed E-state index contributed by atoms with van der Waals surface area (Å²) in [4.78, 5) is 15.4. The molecule has 0 saturated carbocycles. The van der Waals surface area contributed by atoms with Gasteiger partial charge in [-0.2, -0.15) is 5.10 Å².